The Kier molecular flexibility index (Phi) is 7.18. The first kappa shape index (κ1) is 19.9. The zero-order chi connectivity index (χ0) is 18.3. The molecule has 1 aromatic rings. The fraction of sp³-hybridized carbons (Fsp3) is 0.467. The quantitative estimate of drug-likeness (QED) is 0.615. The Morgan fingerprint density at radius 2 is 1.83 bits per heavy atom. The summed E-state index contributed by atoms with van der Waals surface area (Å²) in [5.74, 6) is -1.01. The van der Waals surface area contributed by atoms with Gasteiger partial charge in [0.1, 0.15) is 12.4 Å². The standard InChI is InChI=1S/C15H21NO7S/c1-10(17)13(15(19)22-2)16-14(18)11-4-6-12(7-5-11)23-8-9-24(3,20)21/h4-7,10,13,17H,8-9H2,1-3H3,(H,16,18)/t10-,13+/m1/s1. The molecule has 0 heterocycles. The molecule has 134 valence electrons. The zero-order valence-corrected chi connectivity index (χ0v) is 14.5. The number of sulfone groups is 1. The van der Waals surface area contributed by atoms with Crippen molar-refractivity contribution in [2.24, 2.45) is 0 Å². The largest absolute Gasteiger partial charge is 0.493 e. The summed E-state index contributed by atoms with van der Waals surface area (Å²) in [6, 6.07) is 4.76. The summed E-state index contributed by atoms with van der Waals surface area (Å²) in [6.07, 6.45) is 0.00364. The first-order chi connectivity index (χ1) is 11.1. The smallest absolute Gasteiger partial charge is 0.331 e. The van der Waals surface area contributed by atoms with Gasteiger partial charge in [-0.2, -0.15) is 0 Å². The molecule has 9 heteroatoms. The summed E-state index contributed by atoms with van der Waals surface area (Å²) < 4.78 is 31.8. The third-order valence-electron chi connectivity index (χ3n) is 3.06. The van der Waals surface area contributed by atoms with Crippen molar-refractivity contribution in [2.45, 2.75) is 19.1 Å². The lowest BCUT2D eigenvalue weighted by Gasteiger charge is -2.19. The molecule has 1 aromatic carbocycles. The van der Waals surface area contributed by atoms with Crippen LogP contribution in [-0.4, -0.2) is 63.3 Å². The topological polar surface area (TPSA) is 119 Å². The Hall–Kier alpha value is -2.13. The number of aliphatic hydroxyl groups is 1. The third kappa shape index (κ3) is 6.55. The van der Waals surface area contributed by atoms with Crippen molar-refractivity contribution in [1.29, 1.82) is 0 Å². The zero-order valence-electron chi connectivity index (χ0n) is 13.7. The molecule has 0 spiro atoms. The molecule has 1 rings (SSSR count). The van der Waals surface area contributed by atoms with Crippen LogP contribution in [-0.2, 0) is 19.4 Å². The lowest BCUT2D eigenvalue weighted by Crippen LogP contribution is -2.48. The maximum atomic E-state index is 12.1. The van der Waals surface area contributed by atoms with E-state index in [1.807, 2.05) is 0 Å². The molecule has 8 nitrogen and oxygen atoms in total. The average Bonchev–Trinajstić information content (AvgIpc) is 2.50. The van der Waals surface area contributed by atoms with E-state index < -0.39 is 33.9 Å². The molecule has 0 bridgehead atoms. The van der Waals surface area contributed by atoms with Crippen molar-refractivity contribution in [3.05, 3.63) is 29.8 Å². The summed E-state index contributed by atoms with van der Waals surface area (Å²) >= 11 is 0. The molecular weight excluding hydrogens is 338 g/mol. The minimum Gasteiger partial charge on any atom is -0.493 e. The second-order valence-corrected chi connectivity index (χ2v) is 7.48. The lowest BCUT2D eigenvalue weighted by atomic mass is 10.1. The van der Waals surface area contributed by atoms with Crippen molar-refractivity contribution < 1.29 is 32.6 Å². The molecule has 0 aliphatic rings. The van der Waals surface area contributed by atoms with Crippen LogP contribution >= 0.6 is 0 Å². The monoisotopic (exact) mass is 359 g/mol. The highest BCUT2D eigenvalue weighted by molar-refractivity contribution is 7.90. The Balaban J connectivity index is 2.67. The number of rotatable bonds is 8. The van der Waals surface area contributed by atoms with Crippen molar-refractivity contribution in [1.82, 2.24) is 5.32 Å². The molecule has 0 aliphatic heterocycles. The van der Waals surface area contributed by atoms with Gasteiger partial charge < -0.3 is 19.9 Å². The van der Waals surface area contributed by atoms with Crippen molar-refractivity contribution in [2.75, 3.05) is 25.7 Å². The van der Waals surface area contributed by atoms with Crippen LogP contribution in [0, 0.1) is 0 Å². The molecule has 2 N–H and O–H groups in total. The van der Waals surface area contributed by atoms with E-state index in [1.54, 1.807) is 0 Å². The highest BCUT2D eigenvalue weighted by atomic mass is 32.2. The number of hydrogen-bond acceptors (Lipinski definition) is 7. The van der Waals surface area contributed by atoms with E-state index in [1.165, 1.54) is 31.2 Å². The van der Waals surface area contributed by atoms with Gasteiger partial charge in [-0.15, -0.1) is 0 Å². The van der Waals surface area contributed by atoms with Crippen LogP contribution in [0.3, 0.4) is 0 Å². The van der Waals surface area contributed by atoms with Gasteiger partial charge in [-0.05, 0) is 31.2 Å². The number of esters is 1. The first-order valence-electron chi connectivity index (χ1n) is 7.11. The molecule has 0 saturated heterocycles. The Labute approximate surface area is 140 Å². The number of aliphatic hydroxyl groups excluding tert-OH is 1. The number of hydrogen-bond donors (Lipinski definition) is 2. The Morgan fingerprint density at radius 1 is 1.25 bits per heavy atom. The van der Waals surface area contributed by atoms with Gasteiger partial charge in [0.05, 0.1) is 19.0 Å². The Morgan fingerprint density at radius 3 is 2.29 bits per heavy atom. The summed E-state index contributed by atoms with van der Waals surface area (Å²) in [6.45, 7) is 1.37. The highest BCUT2D eigenvalue weighted by Gasteiger charge is 2.26. The van der Waals surface area contributed by atoms with E-state index in [2.05, 4.69) is 10.1 Å². The molecule has 2 atom stereocenters. The van der Waals surface area contributed by atoms with E-state index in [-0.39, 0.29) is 17.9 Å². The molecule has 0 unspecified atom stereocenters. The van der Waals surface area contributed by atoms with Crippen LogP contribution in [0.4, 0.5) is 0 Å². The number of ether oxygens (including phenoxy) is 2. The van der Waals surface area contributed by atoms with E-state index in [9.17, 15) is 23.1 Å². The molecule has 0 saturated carbocycles. The summed E-state index contributed by atoms with van der Waals surface area (Å²) in [5, 5.41) is 11.9. The molecule has 24 heavy (non-hydrogen) atoms. The summed E-state index contributed by atoms with van der Waals surface area (Å²) in [7, 11) is -1.95. The van der Waals surface area contributed by atoms with E-state index in [0.717, 1.165) is 13.4 Å². The molecule has 0 aromatic heterocycles. The van der Waals surface area contributed by atoms with Gasteiger partial charge in [-0.1, -0.05) is 0 Å². The van der Waals surface area contributed by atoms with Crippen LogP contribution in [0.1, 0.15) is 17.3 Å². The van der Waals surface area contributed by atoms with Gasteiger partial charge in [0.2, 0.25) is 0 Å². The van der Waals surface area contributed by atoms with Gasteiger partial charge in [-0.25, -0.2) is 13.2 Å². The minimum absolute atomic E-state index is 0.0107. The van der Waals surface area contributed by atoms with E-state index in [4.69, 9.17) is 4.74 Å². The van der Waals surface area contributed by atoms with Crippen LogP contribution in [0.5, 0.6) is 5.75 Å². The van der Waals surface area contributed by atoms with Crippen LogP contribution < -0.4 is 10.1 Å². The lowest BCUT2D eigenvalue weighted by molar-refractivity contribution is -0.145. The number of nitrogens with one attached hydrogen (secondary N) is 1. The fourth-order valence-electron chi connectivity index (χ4n) is 1.74. The Bertz CT molecular complexity index is 668. The maximum absolute atomic E-state index is 12.1. The molecule has 1 amide bonds. The van der Waals surface area contributed by atoms with Gasteiger partial charge in [0.15, 0.2) is 15.9 Å². The predicted octanol–water partition coefficient (Wildman–Crippen LogP) is -0.238. The molecular formula is C15H21NO7S. The summed E-state index contributed by atoms with van der Waals surface area (Å²) in [4.78, 5) is 23.6. The summed E-state index contributed by atoms with van der Waals surface area (Å²) in [5.41, 5.74) is 0.250. The molecule has 0 aliphatic carbocycles. The predicted molar refractivity (Wildman–Crippen MR) is 86.6 cm³/mol. The SMILES string of the molecule is COC(=O)[C@@H](NC(=O)c1ccc(OCCS(C)(=O)=O)cc1)[C@@H](C)O. The van der Waals surface area contributed by atoms with E-state index in [0.29, 0.717) is 5.75 Å². The number of amides is 1. The van der Waals surface area contributed by atoms with Crippen molar-refractivity contribution in [3.8, 4) is 5.75 Å². The van der Waals surface area contributed by atoms with Crippen LogP contribution in [0.15, 0.2) is 24.3 Å². The number of methoxy groups -OCH3 is 1. The van der Waals surface area contributed by atoms with E-state index >= 15 is 0 Å². The fourth-order valence-corrected chi connectivity index (χ4v) is 2.13. The van der Waals surface area contributed by atoms with Crippen LogP contribution in [0.2, 0.25) is 0 Å². The third-order valence-corrected chi connectivity index (χ3v) is 3.97. The molecule has 0 radical (unpaired) electrons. The minimum atomic E-state index is -3.10. The number of carbonyl (C=O) groups excluding carboxylic acids is 2. The first-order valence-corrected chi connectivity index (χ1v) is 9.17. The number of benzene rings is 1. The van der Waals surface area contributed by atoms with Gasteiger partial charge >= 0.3 is 5.97 Å². The van der Waals surface area contributed by atoms with Crippen molar-refractivity contribution >= 4 is 21.7 Å². The second kappa shape index (κ2) is 8.65. The van der Waals surface area contributed by atoms with Gasteiger partial charge in [-0.3, -0.25) is 4.79 Å². The van der Waals surface area contributed by atoms with Crippen molar-refractivity contribution in [3.63, 3.8) is 0 Å². The average molecular weight is 359 g/mol. The normalized spacial score (nSPS) is 13.7. The highest BCUT2D eigenvalue weighted by Crippen LogP contribution is 2.12. The second-order valence-electron chi connectivity index (χ2n) is 5.22. The van der Waals surface area contributed by atoms with Gasteiger partial charge in [0.25, 0.3) is 5.91 Å². The maximum Gasteiger partial charge on any atom is 0.331 e. The number of carbonyl (C=O) groups is 2. The van der Waals surface area contributed by atoms with Gasteiger partial charge in [0, 0.05) is 11.8 Å². The van der Waals surface area contributed by atoms with Crippen LogP contribution in [0.25, 0.3) is 0 Å². The molecule has 0 fully saturated rings.